The summed E-state index contributed by atoms with van der Waals surface area (Å²) in [4.78, 5) is 10.5. The Morgan fingerprint density at radius 1 is 1.77 bits per heavy atom. The molecule has 0 aromatic carbocycles. The second-order valence-electron chi connectivity index (χ2n) is 2.85. The molecule has 0 aromatic heterocycles. The zero-order valence-electron chi connectivity index (χ0n) is 7.49. The van der Waals surface area contributed by atoms with Crippen LogP contribution in [0.25, 0.3) is 0 Å². The van der Waals surface area contributed by atoms with Crippen molar-refractivity contribution >= 4 is 5.97 Å². The van der Waals surface area contributed by atoms with E-state index in [0.29, 0.717) is 5.76 Å². The van der Waals surface area contributed by atoms with Crippen LogP contribution in [0.2, 0.25) is 0 Å². The van der Waals surface area contributed by atoms with Crippen LogP contribution < -0.4 is 0 Å². The Kier molecular flexibility index (Phi) is 2.90. The minimum atomic E-state index is -0.826. The number of rotatable bonds is 3. The molecule has 0 aromatic rings. The lowest BCUT2D eigenvalue weighted by molar-refractivity contribution is -0.137. The van der Waals surface area contributed by atoms with Crippen LogP contribution in [0, 0.1) is 5.92 Å². The maximum absolute atomic E-state index is 10.5. The van der Waals surface area contributed by atoms with Crippen LogP contribution in [-0.2, 0) is 9.53 Å². The van der Waals surface area contributed by atoms with E-state index in [1.54, 1.807) is 19.3 Å². The molecular formula is C10H12O3. The summed E-state index contributed by atoms with van der Waals surface area (Å²) in [7, 11) is 1.55. The summed E-state index contributed by atoms with van der Waals surface area (Å²) >= 11 is 0. The largest absolute Gasteiger partial charge is 0.496 e. The Labute approximate surface area is 77.0 Å². The average Bonchev–Trinajstić information content (AvgIpc) is 2.08. The molecule has 1 N–H and O–H groups in total. The third-order valence-corrected chi connectivity index (χ3v) is 1.97. The van der Waals surface area contributed by atoms with E-state index in [2.05, 4.69) is 6.58 Å². The molecule has 1 atom stereocenters. The molecule has 1 aliphatic rings. The van der Waals surface area contributed by atoms with E-state index >= 15 is 0 Å². The van der Waals surface area contributed by atoms with Crippen molar-refractivity contribution in [3.05, 3.63) is 36.1 Å². The Bertz CT molecular complexity index is 287. The van der Waals surface area contributed by atoms with Crippen molar-refractivity contribution in [1.29, 1.82) is 0 Å². The van der Waals surface area contributed by atoms with Gasteiger partial charge in [0.25, 0.3) is 0 Å². The molecule has 70 valence electrons. The van der Waals surface area contributed by atoms with Crippen LogP contribution in [0.4, 0.5) is 0 Å². The standard InChI is InChI=1S/C10H12O3/c1-7-8(6-10(11)12)4-3-5-9(7)13-2/h3-5,8H,1,6H2,2H3,(H,11,12). The monoisotopic (exact) mass is 180 g/mol. The second kappa shape index (κ2) is 3.94. The van der Waals surface area contributed by atoms with E-state index in [0.717, 1.165) is 5.57 Å². The highest BCUT2D eigenvalue weighted by Crippen LogP contribution is 2.26. The van der Waals surface area contributed by atoms with Crippen LogP contribution in [-0.4, -0.2) is 18.2 Å². The normalized spacial score (nSPS) is 21.2. The molecule has 0 bridgehead atoms. The van der Waals surface area contributed by atoms with Gasteiger partial charge in [-0.1, -0.05) is 18.7 Å². The Hall–Kier alpha value is -1.51. The van der Waals surface area contributed by atoms with Crippen molar-refractivity contribution < 1.29 is 14.6 Å². The van der Waals surface area contributed by atoms with E-state index in [4.69, 9.17) is 9.84 Å². The van der Waals surface area contributed by atoms with Crippen LogP contribution in [0.1, 0.15) is 6.42 Å². The molecule has 0 saturated carbocycles. The predicted molar refractivity (Wildman–Crippen MR) is 49.1 cm³/mol. The first kappa shape index (κ1) is 9.58. The van der Waals surface area contributed by atoms with Gasteiger partial charge in [0.2, 0.25) is 0 Å². The highest BCUT2D eigenvalue weighted by molar-refractivity contribution is 5.68. The van der Waals surface area contributed by atoms with Crippen LogP contribution >= 0.6 is 0 Å². The number of ether oxygens (including phenoxy) is 1. The number of carboxylic acids is 1. The number of carbonyl (C=O) groups is 1. The maximum Gasteiger partial charge on any atom is 0.304 e. The van der Waals surface area contributed by atoms with Crippen molar-refractivity contribution in [3.8, 4) is 0 Å². The van der Waals surface area contributed by atoms with Crippen molar-refractivity contribution in [2.75, 3.05) is 7.11 Å². The average molecular weight is 180 g/mol. The molecule has 1 unspecified atom stereocenters. The van der Waals surface area contributed by atoms with Crippen LogP contribution in [0.5, 0.6) is 0 Å². The molecule has 0 spiro atoms. The number of aliphatic carboxylic acids is 1. The first-order valence-corrected chi connectivity index (χ1v) is 3.98. The molecule has 0 amide bonds. The van der Waals surface area contributed by atoms with E-state index in [1.807, 2.05) is 6.08 Å². The minimum Gasteiger partial charge on any atom is -0.496 e. The topological polar surface area (TPSA) is 46.5 Å². The minimum absolute atomic E-state index is 0.0655. The highest BCUT2D eigenvalue weighted by Gasteiger charge is 2.19. The molecule has 0 heterocycles. The fourth-order valence-electron chi connectivity index (χ4n) is 1.26. The van der Waals surface area contributed by atoms with Gasteiger partial charge in [0.15, 0.2) is 0 Å². The molecule has 0 fully saturated rings. The zero-order valence-corrected chi connectivity index (χ0v) is 7.49. The van der Waals surface area contributed by atoms with E-state index in [-0.39, 0.29) is 12.3 Å². The van der Waals surface area contributed by atoms with Gasteiger partial charge < -0.3 is 9.84 Å². The molecule has 1 aliphatic carbocycles. The molecular weight excluding hydrogens is 168 g/mol. The van der Waals surface area contributed by atoms with Crippen LogP contribution in [0.3, 0.4) is 0 Å². The Balaban J connectivity index is 2.72. The first-order chi connectivity index (χ1) is 6.15. The third-order valence-electron chi connectivity index (χ3n) is 1.97. The van der Waals surface area contributed by atoms with Gasteiger partial charge in [-0.25, -0.2) is 0 Å². The summed E-state index contributed by atoms with van der Waals surface area (Å²) in [5.74, 6) is -0.306. The molecule has 3 heteroatoms. The Morgan fingerprint density at radius 2 is 2.46 bits per heavy atom. The van der Waals surface area contributed by atoms with Crippen molar-refractivity contribution in [1.82, 2.24) is 0 Å². The highest BCUT2D eigenvalue weighted by atomic mass is 16.5. The summed E-state index contributed by atoms with van der Waals surface area (Å²) in [5.41, 5.74) is 0.729. The van der Waals surface area contributed by atoms with Gasteiger partial charge in [-0.05, 0) is 11.6 Å². The third kappa shape index (κ3) is 2.21. The maximum atomic E-state index is 10.5. The van der Waals surface area contributed by atoms with Crippen LogP contribution in [0.15, 0.2) is 36.1 Å². The molecule has 1 rings (SSSR count). The predicted octanol–water partition coefficient (Wildman–Crippen LogP) is 1.73. The summed E-state index contributed by atoms with van der Waals surface area (Å²) in [6.45, 7) is 3.79. The fraction of sp³-hybridized carbons (Fsp3) is 0.300. The van der Waals surface area contributed by atoms with Gasteiger partial charge in [0.05, 0.1) is 13.5 Å². The van der Waals surface area contributed by atoms with E-state index in [9.17, 15) is 4.79 Å². The second-order valence-corrected chi connectivity index (χ2v) is 2.85. The number of carboxylic acid groups (broad SMARTS) is 1. The number of allylic oxidation sites excluding steroid dienone is 4. The van der Waals surface area contributed by atoms with E-state index < -0.39 is 5.97 Å². The molecule has 0 saturated heterocycles. The van der Waals surface area contributed by atoms with Gasteiger partial charge in [-0.3, -0.25) is 4.79 Å². The number of hydrogen-bond acceptors (Lipinski definition) is 2. The summed E-state index contributed by atoms with van der Waals surface area (Å²) < 4.78 is 5.03. The van der Waals surface area contributed by atoms with Crippen molar-refractivity contribution in [2.45, 2.75) is 6.42 Å². The lowest BCUT2D eigenvalue weighted by atomic mass is 9.91. The van der Waals surface area contributed by atoms with Gasteiger partial charge >= 0.3 is 5.97 Å². The molecule has 13 heavy (non-hydrogen) atoms. The summed E-state index contributed by atoms with van der Waals surface area (Å²) in [6, 6.07) is 0. The van der Waals surface area contributed by atoms with Crippen molar-refractivity contribution in [3.63, 3.8) is 0 Å². The zero-order chi connectivity index (χ0) is 9.84. The number of methoxy groups -OCH3 is 1. The molecule has 0 aliphatic heterocycles. The smallest absolute Gasteiger partial charge is 0.304 e. The van der Waals surface area contributed by atoms with Gasteiger partial charge in [-0.15, -0.1) is 0 Å². The Morgan fingerprint density at radius 3 is 3.00 bits per heavy atom. The lowest BCUT2D eigenvalue weighted by Crippen LogP contribution is -2.11. The fourth-order valence-corrected chi connectivity index (χ4v) is 1.26. The molecule has 3 nitrogen and oxygen atoms in total. The first-order valence-electron chi connectivity index (χ1n) is 3.98. The number of hydrogen-bond donors (Lipinski definition) is 1. The van der Waals surface area contributed by atoms with Crippen molar-refractivity contribution in [2.24, 2.45) is 5.92 Å². The molecule has 0 radical (unpaired) electrons. The summed E-state index contributed by atoms with van der Waals surface area (Å²) in [6.07, 6.45) is 5.46. The SMILES string of the molecule is C=C1C(OC)=CC=CC1CC(=O)O. The lowest BCUT2D eigenvalue weighted by Gasteiger charge is -2.18. The van der Waals surface area contributed by atoms with Gasteiger partial charge in [-0.2, -0.15) is 0 Å². The summed E-state index contributed by atoms with van der Waals surface area (Å²) in [5, 5.41) is 8.61. The quantitative estimate of drug-likeness (QED) is 0.719. The van der Waals surface area contributed by atoms with Gasteiger partial charge in [0.1, 0.15) is 5.76 Å². The van der Waals surface area contributed by atoms with Gasteiger partial charge in [0, 0.05) is 5.92 Å². The van der Waals surface area contributed by atoms with E-state index in [1.165, 1.54) is 0 Å².